The van der Waals surface area contributed by atoms with Gasteiger partial charge in [-0.2, -0.15) is 0 Å². The summed E-state index contributed by atoms with van der Waals surface area (Å²) in [5, 5.41) is 0. The maximum absolute atomic E-state index is 5.63. The molecule has 2 aromatic carbocycles. The SMILES string of the molecule is COc1ccccc1OCCOCCOCCOCCOc1ccccc1OC. The lowest BCUT2D eigenvalue weighted by Gasteiger charge is -2.11. The summed E-state index contributed by atoms with van der Waals surface area (Å²) in [6.07, 6.45) is 0. The average molecular weight is 406 g/mol. The van der Waals surface area contributed by atoms with Crippen LogP contribution >= 0.6 is 0 Å². The van der Waals surface area contributed by atoms with Gasteiger partial charge in [0.2, 0.25) is 0 Å². The van der Waals surface area contributed by atoms with Crippen molar-refractivity contribution in [3.8, 4) is 23.0 Å². The molecule has 0 bridgehead atoms. The molecule has 0 saturated heterocycles. The van der Waals surface area contributed by atoms with E-state index in [9.17, 15) is 0 Å². The van der Waals surface area contributed by atoms with Gasteiger partial charge >= 0.3 is 0 Å². The second-order valence-corrected chi connectivity index (χ2v) is 5.84. The Hall–Kier alpha value is -2.48. The second-order valence-electron chi connectivity index (χ2n) is 5.84. The molecule has 0 aliphatic carbocycles. The average Bonchev–Trinajstić information content (AvgIpc) is 2.77. The molecule has 0 amide bonds. The van der Waals surface area contributed by atoms with Gasteiger partial charge < -0.3 is 33.2 Å². The van der Waals surface area contributed by atoms with E-state index < -0.39 is 0 Å². The van der Waals surface area contributed by atoms with E-state index in [4.69, 9.17) is 33.2 Å². The standard InChI is InChI=1S/C22H30O7/c1-23-19-7-3-5-9-21(19)28-17-15-26-13-11-25-12-14-27-16-18-29-22-10-6-4-8-20(22)24-2/h3-10H,11-18H2,1-2H3. The fourth-order valence-electron chi connectivity index (χ4n) is 2.44. The van der Waals surface area contributed by atoms with Crippen LogP contribution in [0.5, 0.6) is 23.0 Å². The highest BCUT2D eigenvalue weighted by Crippen LogP contribution is 2.26. The van der Waals surface area contributed by atoms with Gasteiger partial charge in [-0.3, -0.25) is 0 Å². The summed E-state index contributed by atoms with van der Waals surface area (Å²) in [5.41, 5.74) is 0. The second kappa shape index (κ2) is 14.5. The smallest absolute Gasteiger partial charge is 0.161 e. The lowest BCUT2D eigenvalue weighted by molar-refractivity contribution is 0.00479. The molecule has 0 heterocycles. The fraction of sp³-hybridized carbons (Fsp3) is 0.455. The molecule has 160 valence electrons. The molecule has 0 N–H and O–H groups in total. The van der Waals surface area contributed by atoms with Crippen LogP contribution in [0.15, 0.2) is 48.5 Å². The Labute approximate surface area is 172 Å². The molecular formula is C22H30O7. The number of rotatable bonds is 16. The molecule has 2 rings (SSSR count). The third-order valence-corrected chi connectivity index (χ3v) is 3.85. The molecule has 0 saturated carbocycles. The Morgan fingerprint density at radius 1 is 0.448 bits per heavy atom. The van der Waals surface area contributed by atoms with Crippen LogP contribution in [0.1, 0.15) is 0 Å². The Morgan fingerprint density at radius 3 is 1.10 bits per heavy atom. The van der Waals surface area contributed by atoms with Crippen molar-refractivity contribution in [1.82, 2.24) is 0 Å². The maximum atomic E-state index is 5.63. The Balaban J connectivity index is 1.38. The molecule has 0 atom stereocenters. The lowest BCUT2D eigenvalue weighted by Crippen LogP contribution is -2.14. The maximum Gasteiger partial charge on any atom is 0.161 e. The summed E-state index contributed by atoms with van der Waals surface area (Å²) in [6.45, 7) is 3.91. The van der Waals surface area contributed by atoms with Crippen molar-refractivity contribution in [3.05, 3.63) is 48.5 Å². The van der Waals surface area contributed by atoms with Gasteiger partial charge in [-0.25, -0.2) is 0 Å². The van der Waals surface area contributed by atoms with Crippen LogP contribution in [0.3, 0.4) is 0 Å². The van der Waals surface area contributed by atoms with E-state index in [1.807, 2.05) is 48.5 Å². The van der Waals surface area contributed by atoms with Crippen molar-refractivity contribution in [2.75, 3.05) is 67.1 Å². The van der Waals surface area contributed by atoms with Gasteiger partial charge in [0.25, 0.3) is 0 Å². The van der Waals surface area contributed by atoms with E-state index in [0.717, 1.165) is 0 Å². The van der Waals surface area contributed by atoms with E-state index in [1.54, 1.807) is 14.2 Å². The summed E-state index contributed by atoms with van der Waals surface area (Å²) < 4.78 is 38.1. The van der Waals surface area contributed by atoms with Gasteiger partial charge in [-0.05, 0) is 24.3 Å². The largest absolute Gasteiger partial charge is 0.493 e. The molecule has 29 heavy (non-hydrogen) atoms. The molecule has 0 aliphatic rings. The van der Waals surface area contributed by atoms with Gasteiger partial charge in [-0.1, -0.05) is 24.3 Å². The molecule has 7 heteroatoms. The summed E-state index contributed by atoms with van der Waals surface area (Å²) >= 11 is 0. The number of hydrogen-bond donors (Lipinski definition) is 0. The van der Waals surface area contributed by atoms with Gasteiger partial charge in [0.15, 0.2) is 23.0 Å². The van der Waals surface area contributed by atoms with E-state index in [1.165, 1.54) is 0 Å². The number of hydrogen-bond acceptors (Lipinski definition) is 7. The molecule has 2 aromatic rings. The van der Waals surface area contributed by atoms with Crippen LogP contribution < -0.4 is 18.9 Å². The minimum atomic E-state index is 0.454. The van der Waals surface area contributed by atoms with Crippen molar-refractivity contribution in [1.29, 1.82) is 0 Å². The molecular weight excluding hydrogens is 376 g/mol. The molecule has 0 aromatic heterocycles. The summed E-state index contributed by atoms with van der Waals surface area (Å²) in [5.74, 6) is 2.84. The third-order valence-electron chi connectivity index (χ3n) is 3.85. The van der Waals surface area contributed by atoms with Crippen LogP contribution in [0.2, 0.25) is 0 Å². The first-order valence-corrected chi connectivity index (χ1v) is 9.60. The first kappa shape index (κ1) is 22.8. The predicted molar refractivity (Wildman–Crippen MR) is 109 cm³/mol. The Bertz CT molecular complexity index is 620. The molecule has 0 aliphatic heterocycles. The minimum absolute atomic E-state index is 0.454. The predicted octanol–water partition coefficient (Wildman–Crippen LogP) is 3.21. The molecule has 0 radical (unpaired) electrons. The van der Waals surface area contributed by atoms with E-state index in [0.29, 0.717) is 75.9 Å². The third kappa shape index (κ3) is 9.04. The van der Waals surface area contributed by atoms with Gasteiger partial charge in [-0.15, -0.1) is 0 Å². The Morgan fingerprint density at radius 2 is 0.759 bits per heavy atom. The van der Waals surface area contributed by atoms with E-state index >= 15 is 0 Å². The van der Waals surface area contributed by atoms with Crippen LogP contribution in [0.4, 0.5) is 0 Å². The first-order chi connectivity index (χ1) is 14.3. The summed E-state index contributed by atoms with van der Waals surface area (Å²) in [4.78, 5) is 0. The van der Waals surface area contributed by atoms with Crippen LogP contribution in [0.25, 0.3) is 0 Å². The topological polar surface area (TPSA) is 64.6 Å². The van der Waals surface area contributed by atoms with Gasteiger partial charge in [0.05, 0.1) is 53.9 Å². The molecule has 0 spiro atoms. The number of methoxy groups -OCH3 is 2. The van der Waals surface area contributed by atoms with Crippen molar-refractivity contribution >= 4 is 0 Å². The van der Waals surface area contributed by atoms with E-state index in [2.05, 4.69) is 0 Å². The number of benzene rings is 2. The zero-order chi connectivity index (χ0) is 20.6. The van der Waals surface area contributed by atoms with Crippen molar-refractivity contribution in [3.63, 3.8) is 0 Å². The molecule has 0 fully saturated rings. The minimum Gasteiger partial charge on any atom is -0.493 e. The highest BCUT2D eigenvalue weighted by atomic mass is 16.6. The lowest BCUT2D eigenvalue weighted by atomic mass is 10.3. The van der Waals surface area contributed by atoms with Crippen LogP contribution in [0, 0.1) is 0 Å². The number of ether oxygens (including phenoxy) is 7. The highest BCUT2D eigenvalue weighted by Gasteiger charge is 2.03. The zero-order valence-electron chi connectivity index (χ0n) is 17.1. The fourth-order valence-corrected chi connectivity index (χ4v) is 2.44. The molecule has 0 unspecified atom stereocenters. The number of para-hydroxylation sites is 4. The normalized spacial score (nSPS) is 10.6. The van der Waals surface area contributed by atoms with Crippen LogP contribution in [-0.4, -0.2) is 67.1 Å². The monoisotopic (exact) mass is 406 g/mol. The summed E-state index contributed by atoms with van der Waals surface area (Å²) in [7, 11) is 3.24. The molecule has 7 nitrogen and oxygen atoms in total. The highest BCUT2D eigenvalue weighted by molar-refractivity contribution is 5.39. The van der Waals surface area contributed by atoms with Crippen molar-refractivity contribution in [2.24, 2.45) is 0 Å². The van der Waals surface area contributed by atoms with Gasteiger partial charge in [0, 0.05) is 0 Å². The van der Waals surface area contributed by atoms with Crippen molar-refractivity contribution < 1.29 is 33.2 Å². The first-order valence-electron chi connectivity index (χ1n) is 9.60. The summed E-state index contributed by atoms with van der Waals surface area (Å²) in [6, 6.07) is 15.0. The van der Waals surface area contributed by atoms with Gasteiger partial charge in [0.1, 0.15) is 13.2 Å². The van der Waals surface area contributed by atoms with E-state index in [-0.39, 0.29) is 0 Å². The van der Waals surface area contributed by atoms with Crippen LogP contribution in [-0.2, 0) is 14.2 Å². The zero-order valence-corrected chi connectivity index (χ0v) is 17.1. The Kier molecular flexibility index (Phi) is 11.4. The van der Waals surface area contributed by atoms with Crippen molar-refractivity contribution in [2.45, 2.75) is 0 Å². The quantitative estimate of drug-likeness (QED) is 0.397.